The minimum absolute atomic E-state index is 0.218. The van der Waals surface area contributed by atoms with E-state index in [2.05, 4.69) is 0 Å². The lowest BCUT2D eigenvalue weighted by atomic mass is 10.1. The second-order valence-corrected chi connectivity index (χ2v) is 4.00. The molecule has 2 N–H and O–H groups in total. The van der Waals surface area contributed by atoms with Crippen molar-refractivity contribution in [3.05, 3.63) is 29.8 Å². The fourth-order valence-electron chi connectivity index (χ4n) is 1.73. The molecular formula is C12H16N2O. The summed E-state index contributed by atoms with van der Waals surface area (Å²) in [5.41, 5.74) is 7.61. The Morgan fingerprint density at radius 3 is 2.73 bits per heavy atom. The SMILES string of the molecule is CN(C(=O)C1CC1)c1ccccc1CN. The van der Waals surface area contributed by atoms with Crippen molar-refractivity contribution in [1.29, 1.82) is 0 Å². The van der Waals surface area contributed by atoms with E-state index in [0.717, 1.165) is 24.1 Å². The van der Waals surface area contributed by atoms with Gasteiger partial charge < -0.3 is 10.6 Å². The summed E-state index contributed by atoms with van der Waals surface area (Å²) in [6, 6.07) is 7.79. The first-order valence-corrected chi connectivity index (χ1v) is 5.29. The Morgan fingerprint density at radius 2 is 2.13 bits per heavy atom. The normalized spacial score (nSPS) is 15.1. The predicted molar refractivity (Wildman–Crippen MR) is 60.5 cm³/mol. The molecule has 3 nitrogen and oxygen atoms in total. The van der Waals surface area contributed by atoms with Crippen LogP contribution in [0.5, 0.6) is 0 Å². The highest BCUT2D eigenvalue weighted by Gasteiger charge is 2.32. The van der Waals surface area contributed by atoms with Crippen LogP contribution in [0.1, 0.15) is 18.4 Å². The van der Waals surface area contributed by atoms with Gasteiger partial charge in [-0.05, 0) is 24.5 Å². The number of para-hydroxylation sites is 1. The average Bonchev–Trinajstić information content (AvgIpc) is 3.11. The Labute approximate surface area is 89.9 Å². The largest absolute Gasteiger partial charge is 0.326 e. The molecule has 1 aromatic carbocycles. The molecule has 1 aliphatic rings. The van der Waals surface area contributed by atoms with E-state index in [-0.39, 0.29) is 11.8 Å². The molecule has 0 unspecified atom stereocenters. The highest BCUT2D eigenvalue weighted by atomic mass is 16.2. The summed E-state index contributed by atoms with van der Waals surface area (Å²) in [7, 11) is 1.83. The van der Waals surface area contributed by atoms with Crippen molar-refractivity contribution >= 4 is 11.6 Å². The van der Waals surface area contributed by atoms with Crippen LogP contribution in [-0.4, -0.2) is 13.0 Å². The minimum Gasteiger partial charge on any atom is -0.326 e. The lowest BCUT2D eigenvalue weighted by Gasteiger charge is -2.20. The smallest absolute Gasteiger partial charge is 0.229 e. The van der Waals surface area contributed by atoms with Gasteiger partial charge in [0.25, 0.3) is 0 Å². The van der Waals surface area contributed by atoms with Gasteiger partial charge >= 0.3 is 0 Å². The van der Waals surface area contributed by atoms with Crippen LogP contribution in [0, 0.1) is 5.92 Å². The number of amides is 1. The summed E-state index contributed by atoms with van der Waals surface area (Å²) in [5, 5.41) is 0. The van der Waals surface area contributed by atoms with Gasteiger partial charge in [-0.2, -0.15) is 0 Å². The van der Waals surface area contributed by atoms with E-state index in [1.165, 1.54) is 0 Å². The van der Waals surface area contributed by atoms with Crippen molar-refractivity contribution in [3.63, 3.8) is 0 Å². The number of nitrogens with two attached hydrogens (primary N) is 1. The Bertz CT molecular complexity index is 372. The summed E-state index contributed by atoms with van der Waals surface area (Å²) in [5.74, 6) is 0.469. The fourth-order valence-corrected chi connectivity index (χ4v) is 1.73. The third kappa shape index (κ3) is 2.02. The highest BCUT2D eigenvalue weighted by molar-refractivity contribution is 5.96. The van der Waals surface area contributed by atoms with Crippen LogP contribution in [0.15, 0.2) is 24.3 Å². The Morgan fingerprint density at radius 1 is 1.47 bits per heavy atom. The molecule has 0 atom stereocenters. The number of carbonyl (C=O) groups is 1. The average molecular weight is 204 g/mol. The number of benzene rings is 1. The first-order valence-electron chi connectivity index (χ1n) is 5.29. The number of nitrogens with zero attached hydrogens (tertiary/aromatic N) is 1. The van der Waals surface area contributed by atoms with Crippen LogP contribution in [0.25, 0.3) is 0 Å². The summed E-state index contributed by atoms with van der Waals surface area (Å²) in [6.45, 7) is 0.471. The third-order valence-corrected chi connectivity index (χ3v) is 2.83. The van der Waals surface area contributed by atoms with E-state index in [0.29, 0.717) is 6.54 Å². The van der Waals surface area contributed by atoms with Crippen molar-refractivity contribution in [1.82, 2.24) is 0 Å². The zero-order valence-electron chi connectivity index (χ0n) is 8.94. The van der Waals surface area contributed by atoms with E-state index in [4.69, 9.17) is 5.73 Å². The minimum atomic E-state index is 0.218. The maximum absolute atomic E-state index is 11.9. The molecule has 0 aromatic heterocycles. The lowest BCUT2D eigenvalue weighted by molar-refractivity contribution is -0.119. The first-order chi connectivity index (χ1) is 7.24. The quantitative estimate of drug-likeness (QED) is 0.811. The van der Waals surface area contributed by atoms with Crippen LogP contribution in [-0.2, 0) is 11.3 Å². The number of anilines is 1. The van der Waals surface area contributed by atoms with Gasteiger partial charge in [-0.25, -0.2) is 0 Å². The monoisotopic (exact) mass is 204 g/mol. The van der Waals surface area contributed by atoms with Crippen LogP contribution in [0.4, 0.5) is 5.69 Å². The van der Waals surface area contributed by atoms with Crippen molar-refractivity contribution in [2.75, 3.05) is 11.9 Å². The van der Waals surface area contributed by atoms with Gasteiger partial charge in [0.05, 0.1) is 0 Å². The second kappa shape index (κ2) is 4.03. The van der Waals surface area contributed by atoms with Gasteiger partial charge in [-0.15, -0.1) is 0 Å². The van der Waals surface area contributed by atoms with Crippen molar-refractivity contribution in [2.45, 2.75) is 19.4 Å². The molecule has 1 aromatic rings. The molecule has 15 heavy (non-hydrogen) atoms. The summed E-state index contributed by atoms with van der Waals surface area (Å²) in [4.78, 5) is 13.6. The molecule has 0 aliphatic heterocycles. The molecule has 1 saturated carbocycles. The topological polar surface area (TPSA) is 46.3 Å². The molecule has 2 rings (SSSR count). The molecule has 0 heterocycles. The second-order valence-electron chi connectivity index (χ2n) is 4.00. The van der Waals surface area contributed by atoms with E-state index < -0.39 is 0 Å². The molecule has 3 heteroatoms. The van der Waals surface area contributed by atoms with Crippen molar-refractivity contribution in [2.24, 2.45) is 11.7 Å². The fraction of sp³-hybridized carbons (Fsp3) is 0.417. The van der Waals surface area contributed by atoms with Crippen LogP contribution < -0.4 is 10.6 Å². The molecule has 0 saturated heterocycles. The Kier molecular flexibility index (Phi) is 2.73. The molecule has 0 bridgehead atoms. The van der Waals surface area contributed by atoms with Crippen LogP contribution in [0.2, 0.25) is 0 Å². The zero-order valence-corrected chi connectivity index (χ0v) is 8.94. The molecule has 1 amide bonds. The van der Waals surface area contributed by atoms with Gasteiger partial charge in [0.2, 0.25) is 5.91 Å². The molecular weight excluding hydrogens is 188 g/mol. The molecule has 1 aliphatic carbocycles. The number of rotatable bonds is 3. The molecule has 0 radical (unpaired) electrons. The molecule has 1 fully saturated rings. The van der Waals surface area contributed by atoms with Crippen LogP contribution in [0.3, 0.4) is 0 Å². The number of hydrogen-bond donors (Lipinski definition) is 1. The zero-order chi connectivity index (χ0) is 10.8. The highest BCUT2D eigenvalue weighted by Crippen LogP contribution is 2.32. The molecule has 80 valence electrons. The van der Waals surface area contributed by atoms with E-state index in [9.17, 15) is 4.79 Å². The van der Waals surface area contributed by atoms with Gasteiger partial charge in [-0.3, -0.25) is 4.79 Å². The van der Waals surface area contributed by atoms with E-state index in [1.807, 2.05) is 31.3 Å². The Hall–Kier alpha value is -1.35. The van der Waals surface area contributed by atoms with E-state index >= 15 is 0 Å². The maximum Gasteiger partial charge on any atom is 0.229 e. The first kappa shape index (κ1) is 10.2. The standard InChI is InChI=1S/C12H16N2O/c1-14(12(15)9-6-7-9)11-5-3-2-4-10(11)8-13/h2-5,9H,6-8,13H2,1H3. The van der Waals surface area contributed by atoms with E-state index in [1.54, 1.807) is 4.90 Å². The Balaban J connectivity index is 2.23. The van der Waals surface area contributed by atoms with Crippen LogP contribution >= 0.6 is 0 Å². The molecule has 0 spiro atoms. The van der Waals surface area contributed by atoms with Gasteiger partial charge in [0.1, 0.15) is 0 Å². The summed E-state index contributed by atoms with van der Waals surface area (Å²) < 4.78 is 0. The van der Waals surface area contributed by atoms with Gasteiger partial charge in [0.15, 0.2) is 0 Å². The number of carbonyl (C=O) groups excluding carboxylic acids is 1. The van der Waals surface area contributed by atoms with Crippen molar-refractivity contribution in [3.8, 4) is 0 Å². The van der Waals surface area contributed by atoms with Gasteiger partial charge in [0, 0.05) is 25.2 Å². The third-order valence-electron chi connectivity index (χ3n) is 2.83. The maximum atomic E-state index is 11.9. The lowest BCUT2D eigenvalue weighted by Crippen LogP contribution is -2.28. The predicted octanol–water partition coefficient (Wildman–Crippen LogP) is 1.52. The summed E-state index contributed by atoms with van der Waals surface area (Å²) >= 11 is 0. The van der Waals surface area contributed by atoms with Crippen molar-refractivity contribution < 1.29 is 4.79 Å². The number of hydrogen-bond acceptors (Lipinski definition) is 2. The summed E-state index contributed by atoms with van der Waals surface area (Å²) in [6.07, 6.45) is 2.07. The van der Waals surface area contributed by atoms with Gasteiger partial charge in [-0.1, -0.05) is 18.2 Å².